The highest BCUT2D eigenvalue weighted by Gasteiger charge is 2.29. The monoisotopic (exact) mass is 347 g/mol. The van der Waals surface area contributed by atoms with Crippen LogP contribution in [0.3, 0.4) is 0 Å². The first-order valence-corrected chi connectivity index (χ1v) is 8.72. The Morgan fingerprint density at radius 2 is 2.12 bits per heavy atom. The quantitative estimate of drug-likeness (QED) is 0.865. The second-order valence-corrected chi connectivity index (χ2v) is 6.72. The molecule has 2 aromatic rings. The standard InChI is InChI=1S/C17H18FN3O2S/c18-14-5-3-12(4-6-14)16(22)13-2-1-8-21(11-13)17(23)20-10-15-19-7-9-24-15/h3-7,9,13H,1-2,8,10-11H2,(H,20,23). The first kappa shape index (κ1) is 16.6. The van der Waals surface area contributed by atoms with Crippen molar-refractivity contribution in [3.63, 3.8) is 0 Å². The van der Waals surface area contributed by atoms with E-state index in [4.69, 9.17) is 0 Å². The minimum atomic E-state index is -0.363. The molecule has 2 heterocycles. The Balaban J connectivity index is 1.58. The fourth-order valence-electron chi connectivity index (χ4n) is 2.83. The number of amides is 2. The van der Waals surface area contributed by atoms with Crippen molar-refractivity contribution < 1.29 is 14.0 Å². The van der Waals surface area contributed by atoms with E-state index in [1.54, 1.807) is 11.1 Å². The summed E-state index contributed by atoms with van der Waals surface area (Å²) in [6.07, 6.45) is 3.22. The van der Waals surface area contributed by atoms with Crippen LogP contribution < -0.4 is 5.32 Å². The van der Waals surface area contributed by atoms with Gasteiger partial charge >= 0.3 is 6.03 Å². The zero-order valence-electron chi connectivity index (χ0n) is 13.1. The van der Waals surface area contributed by atoms with Gasteiger partial charge in [-0.05, 0) is 37.1 Å². The van der Waals surface area contributed by atoms with E-state index in [9.17, 15) is 14.0 Å². The van der Waals surface area contributed by atoms with Gasteiger partial charge in [-0.15, -0.1) is 11.3 Å². The first-order valence-electron chi connectivity index (χ1n) is 7.84. The lowest BCUT2D eigenvalue weighted by Gasteiger charge is -2.32. The maximum atomic E-state index is 13.0. The first-order chi connectivity index (χ1) is 11.6. The molecule has 126 valence electrons. The summed E-state index contributed by atoms with van der Waals surface area (Å²) in [5.74, 6) is -0.638. The Morgan fingerprint density at radius 1 is 1.33 bits per heavy atom. The molecule has 3 rings (SSSR count). The molecule has 0 saturated carbocycles. The van der Waals surface area contributed by atoms with E-state index in [0.717, 1.165) is 17.8 Å². The molecule has 1 aromatic carbocycles. The average Bonchev–Trinajstić information content (AvgIpc) is 3.13. The number of aromatic nitrogens is 1. The van der Waals surface area contributed by atoms with Gasteiger partial charge in [0.25, 0.3) is 0 Å². The lowest BCUT2D eigenvalue weighted by Crippen LogP contribution is -2.46. The van der Waals surface area contributed by atoms with E-state index in [2.05, 4.69) is 10.3 Å². The number of carbonyl (C=O) groups excluding carboxylic acids is 2. The van der Waals surface area contributed by atoms with Crippen molar-refractivity contribution in [3.05, 3.63) is 52.2 Å². The number of rotatable bonds is 4. The summed E-state index contributed by atoms with van der Waals surface area (Å²) in [4.78, 5) is 30.6. The van der Waals surface area contributed by atoms with E-state index in [0.29, 0.717) is 25.2 Å². The molecular formula is C17H18FN3O2S. The summed E-state index contributed by atoms with van der Waals surface area (Å²) in [7, 11) is 0. The van der Waals surface area contributed by atoms with Gasteiger partial charge in [-0.2, -0.15) is 0 Å². The summed E-state index contributed by atoms with van der Waals surface area (Å²) in [5, 5.41) is 5.54. The third kappa shape index (κ3) is 3.97. The molecule has 5 nitrogen and oxygen atoms in total. The van der Waals surface area contributed by atoms with Crippen LogP contribution in [0, 0.1) is 11.7 Å². The molecule has 24 heavy (non-hydrogen) atoms. The number of hydrogen-bond donors (Lipinski definition) is 1. The molecule has 2 amide bonds. The molecule has 7 heteroatoms. The van der Waals surface area contributed by atoms with Crippen molar-refractivity contribution in [2.24, 2.45) is 5.92 Å². The summed E-state index contributed by atoms with van der Waals surface area (Å²) in [5.41, 5.74) is 0.492. The van der Waals surface area contributed by atoms with E-state index < -0.39 is 0 Å². The van der Waals surface area contributed by atoms with Gasteiger partial charge in [0.2, 0.25) is 0 Å². The smallest absolute Gasteiger partial charge is 0.317 e. The van der Waals surface area contributed by atoms with Gasteiger partial charge in [0.15, 0.2) is 5.78 Å². The van der Waals surface area contributed by atoms with Gasteiger partial charge < -0.3 is 10.2 Å². The molecule has 1 saturated heterocycles. The Hall–Kier alpha value is -2.28. The fourth-order valence-corrected chi connectivity index (χ4v) is 3.38. The van der Waals surface area contributed by atoms with Crippen molar-refractivity contribution in [2.45, 2.75) is 19.4 Å². The van der Waals surface area contributed by atoms with Crippen LogP contribution in [0.15, 0.2) is 35.8 Å². The van der Waals surface area contributed by atoms with E-state index in [1.165, 1.54) is 35.6 Å². The van der Waals surface area contributed by atoms with Crippen LogP contribution >= 0.6 is 11.3 Å². The predicted octanol–water partition coefficient (Wildman–Crippen LogP) is 3.09. The summed E-state index contributed by atoms with van der Waals surface area (Å²) < 4.78 is 13.0. The molecule has 0 spiro atoms. The number of Topliss-reactive ketones (excluding diaryl/α,β-unsaturated/α-hetero) is 1. The number of halogens is 1. The molecule has 1 N–H and O–H groups in total. The van der Waals surface area contributed by atoms with Crippen LogP contribution in [0.4, 0.5) is 9.18 Å². The Bertz CT molecular complexity index is 703. The minimum Gasteiger partial charge on any atom is -0.331 e. The zero-order valence-corrected chi connectivity index (χ0v) is 13.9. The SMILES string of the molecule is O=C(c1ccc(F)cc1)C1CCCN(C(=O)NCc2nccs2)C1. The van der Waals surface area contributed by atoms with E-state index in [1.807, 2.05) is 5.38 Å². The molecule has 1 fully saturated rings. The van der Waals surface area contributed by atoms with Crippen LogP contribution in [0.5, 0.6) is 0 Å². The molecule has 1 aliphatic rings. The van der Waals surface area contributed by atoms with Crippen molar-refractivity contribution in [1.29, 1.82) is 0 Å². The van der Waals surface area contributed by atoms with Gasteiger partial charge in [-0.25, -0.2) is 14.2 Å². The van der Waals surface area contributed by atoms with Crippen molar-refractivity contribution in [2.75, 3.05) is 13.1 Å². The molecular weight excluding hydrogens is 329 g/mol. The molecule has 1 aromatic heterocycles. The number of benzene rings is 1. The van der Waals surface area contributed by atoms with Gasteiger partial charge in [-0.3, -0.25) is 4.79 Å². The number of nitrogens with zero attached hydrogens (tertiary/aromatic N) is 2. The second kappa shape index (κ2) is 7.53. The number of nitrogens with one attached hydrogen (secondary N) is 1. The number of carbonyl (C=O) groups is 2. The largest absolute Gasteiger partial charge is 0.331 e. The topological polar surface area (TPSA) is 62.3 Å². The summed E-state index contributed by atoms with van der Waals surface area (Å²) in [6, 6.07) is 5.39. The highest BCUT2D eigenvalue weighted by molar-refractivity contribution is 7.09. The van der Waals surface area contributed by atoms with Crippen LogP contribution in [0.1, 0.15) is 28.2 Å². The number of thiazole rings is 1. The van der Waals surface area contributed by atoms with E-state index in [-0.39, 0.29) is 23.5 Å². The van der Waals surface area contributed by atoms with Crippen molar-refractivity contribution in [3.8, 4) is 0 Å². The number of piperidine rings is 1. The Kier molecular flexibility index (Phi) is 5.20. The molecule has 1 aliphatic heterocycles. The molecule has 0 radical (unpaired) electrons. The minimum absolute atomic E-state index is 0.0348. The molecule has 0 bridgehead atoms. The maximum absolute atomic E-state index is 13.0. The molecule has 1 atom stereocenters. The summed E-state index contributed by atoms with van der Waals surface area (Å²) >= 11 is 1.49. The number of likely N-dealkylation sites (tertiary alicyclic amines) is 1. The third-order valence-electron chi connectivity index (χ3n) is 4.08. The van der Waals surface area contributed by atoms with Crippen LogP contribution in [-0.2, 0) is 6.54 Å². The predicted molar refractivity (Wildman–Crippen MR) is 89.4 cm³/mol. The number of ketones is 1. The Morgan fingerprint density at radius 3 is 2.83 bits per heavy atom. The fraction of sp³-hybridized carbons (Fsp3) is 0.353. The number of hydrogen-bond acceptors (Lipinski definition) is 4. The van der Waals surface area contributed by atoms with Gasteiger partial charge in [-0.1, -0.05) is 0 Å². The van der Waals surface area contributed by atoms with E-state index >= 15 is 0 Å². The third-order valence-corrected chi connectivity index (χ3v) is 4.86. The lowest BCUT2D eigenvalue weighted by molar-refractivity contribution is 0.0845. The van der Waals surface area contributed by atoms with Crippen molar-refractivity contribution >= 4 is 23.2 Å². The highest BCUT2D eigenvalue weighted by atomic mass is 32.1. The van der Waals surface area contributed by atoms with Crippen LogP contribution in [0.2, 0.25) is 0 Å². The second-order valence-electron chi connectivity index (χ2n) is 5.74. The van der Waals surface area contributed by atoms with Crippen LogP contribution in [0.25, 0.3) is 0 Å². The maximum Gasteiger partial charge on any atom is 0.317 e. The van der Waals surface area contributed by atoms with Gasteiger partial charge in [0, 0.05) is 36.1 Å². The van der Waals surface area contributed by atoms with Gasteiger partial charge in [0.1, 0.15) is 10.8 Å². The Labute approximate surface area is 143 Å². The van der Waals surface area contributed by atoms with Crippen molar-refractivity contribution in [1.82, 2.24) is 15.2 Å². The average molecular weight is 347 g/mol. The highest BCUT2D eigenvalue weighted by Crippen LogP contribution is 2.21. The summed E-state index contributed by atoms with van der Waals surface area (Å²) in [6.45, 7) is 1.42. The lowest BCUT2D eigenvalue weighted by atomic mass is 9.90. The molecule has 0 aliphatic carbocycles. The van der Waals surface area contributed by atoms with Gasteiger partial charge in [0.05, 0.1) is 6.54 Å². The number of urea groups is 1. The normalized spacial score (nSPS) is 17.5. The van der Waals surface area contributed by atoms with Crippen LogP contribution in [-0.4, -0.2) is 34.8 Å². The molecule has 1 unspecified atom stereocenters. The zero-order chi connectivity index (χ0) is 16.9.